The summed E-state index contributed by atoms with van der Waals surface area (Å²) in [6, 6.07) is 6.50. The van der Waals surface area contributed by atoms with Crippen LogP contribution in [0.4, 0.5) is 5.69 Å². The summed E-state index contributed by atoms with van der Waals surface area (Å²) in [5.41, 5.74) is 1.36. The number of rotatable bonds is 6. The van der Waals surface area contributed by atoms with Crippen LogP contribution < -0.4 is 14.8 Å². The van der Waals surface area contributed by atoms with Crippen LogP contribution in [0.3, 0.4) is 0 Å². The van der Waals surface area contributed by atoms with Gasteiger partial charge in [0.15, 0.2) is 11.5 Å². The molecule has 164 valence electrons. The zero-order valence-corrected chi connectivity index (χ0v) is 18.1. The van der Waals surface area contributed by atoms with E-state index in [1.165, 1.54) is 32.6 Å². The summed E-state index contributed by atoms with van der Waals surface area (Å²) in [4.78, 5) is 30.7. The van der Waals surface area contributed by atoms with E-state index in [0.717, 1.165) is 0 Å². The Morgan fingerprint density at radius 2 is 1.97 bits per heavy atom. The second-order valence-electron chi connectivity index (χ2n) is 7.01. The van der Waals surface area contributed by atoms with E-state index in [9.17, 15) is 14.7 Å². The number of hydrogen-bond donors (Lipinski definition) is 2. The first kappa shape index (κ1) is 22.6. The van der Waals surface area contributed by atoms with Gasteiger partial charge in [-0.3, -0.25) is 14.6 Å². The lowest BCUT2D eigenvalue weighted by molar-refractivity contribution is -0.111. The third-order valence-electron chi connectivity index (χ3n) is 4.88. The molecule has 1 aromatic carbocycles. The number of benzene rings is 1. The van der Waals surface area contributed by atoms with Crippen molar-refractivity contribution in [1.29, 1.82) is 0 Å². The quantitative estimate of drug-likeness (QED) is 0.663. The lowest BCUT2D eigenvalue weighted by atomic mass is 10.1. The number of carbonyl (C=O) groups is 2. The number of ether oxygens (including phenoxy) is 2. The number of likely N-dealkylation sites (tertiary alicyclic amines) is 1. The van der Waals surface area contributed by atoms with Crippen LogP contribution in [0.5, 0.6) is 11.5 Å². The van der Waals surface area contributed by atoms with Gasteiger partial charge in [0.25, 0.3) is 5.91 Å². The maximum atomic E-state index is 12.6. The summed E-state index contributed by atoms with van der Waals surface area (Å²) in [5.74, 6) is 0.274. The number of halogens is 1. The molecule has 0 unspecified atom stereocenters. The van der Waals surface area contributed by atoms with E-state index >= 15 is 0 Å². The van der Waals surface area contributed by atoms with Gasteiger partial charge in [0.2, 0.25) is 5.91 Å². The molecule has 3 rings (SSSR count). The van der Waals surface area contributed by atoms with E-state index < -0.39 is 0 Å². The van der Waals surface area contributed by atoms with E-state index in [1.807, 2.05) is 0 Å². The zero-order chi connectivity index (χ0) is 22.4. The number of aromatic nitrogens is 1. The van der Waals surface area contributed by atoms with Gasteiger partial charge in [-0.2, -0.15) is 0 Å². The van der Waals surface area contributed by atoms with Gasteiger partial charge < -0.3 is 24.8 Å². The highest BCUT2D eigenvalue weighted by Crippen LogP contribution is 2.36. The van der Waals surface area contributed by atoms with Gasteiger partial charge in [0.05, 0.1) is 25.3 Å². The Labute approximate surface area is 185 Å². The van der Waals surface area contributed by atoms with E-state index in [1.54, 1.807) is 29.2 Å². The van der Waals surface area contributed by atoms with E-state index in [2.05, 4.69) is 10.3 Å². The van der Waals surface area contributed by atoms with Gasteiger partial charge in [-0.25, -0.2) is 0 Å². The molecule has 2 N–H and O–H groups in total. The number of nitrogens with one attached hydrogen (secondary N) is 1. The number of anilines is 1. The summed E-state index contributed by atoms with van der Waals surface area (Å²) in [6.45, 7) is 0.962. The first-order valence-corrected chi connectivity index (χ1v) is 10.1. The SMILES string of the molecule is COc1cc(C=CC(=O)Nc2ccnc(C(=O)N3CCC(O)CC3)c2)cc(Cl)c1OC. The fourth-order valence-electron chi connectivity index (χ4n) is 3.25. The molecule has 0 atom stereocenters. The second-order valence-corrected chi connectivity index (χ2v) is 7.42. The molecule has 8 nitrogen and oxygen atoms in total. The lowest BCUT2D eigenvalue weighted by Crippen LogP contribution is -2.40. The summed E-state index contributed by atoms with van der Waals surface area (Å²) in [6.07, 6.45) is 5.15. The minimum absolute atomic E-state index is 0.224. The van der Waals surface area contributed by atoms with E-state index in [4.69, 9.17) is 21.1 Å². The molecular formula is C22H24ClN3O5. The average molecular weight is 446 g/mol. The number of piperidine rings is 1. The normalized spacial score (nSPS) is 14.5. The van der Waals surface area contributed by atoms with E-state index in [-0.39, 0.29) is 23.6 Å². The molecule has 1 fully saturated rings. The molecule has 2 aromatic rings. The lowest BCUT2D eigenvalue weighted by Gasteiger charge is -2.29. The minimum Gasteiger partial charge on any atom is -0.493 e. The summed E-state index contributed by atoms with van der Waals surface area (Å²) >= 11 is 6.18. The largest absolute Gasteiger partial charge is 0.493 e. The van der Waals surface area contributed by atoms with Gasteiger partial charge in [-0.15, -0.1) is 0 Å². The molecule has 0 spiro atoms. The second kappa shape index (κ2) is 10.3. The Morgan fingerprint density at radius 3 is 2.65 bits per heavy atom. The summed E-state index contributed by atoms with van der Waals surface area (Å²) < 4.78 is 10.4. The molecule has 9 heteroatoms. The fourth-order valence-corrected chi connectivity index (χ4v) is 3.54. The van der Waals surface area contributed by atoms with Crippen molar-refractivity contribution in [2.45, 2.75) is 18.9 Å². The van der Waals surface area contributed by atoms with Gasteiger partial charge in [-0.1, -0.05) is 11.6 Å². The maximum Gasteiger partial charge on any atom is 0.272 e. The highest BCUT2D eigenvalue weighted by Gasteiger charge is 2.23. The van der Waals surface area contributed by atoms with Crippen molar-refractivity contribution in [3.63, 3.8) is 0 Å². The van der Waals surface area contributed by atoms with Crippen LogP contribution in [0.15, 0.2) is 36.5 Å². The molecule has 1 aromatic heterocycles. The van der Waals surface area contributed by atoms with Crippen LogP contribution in [0.2, 0.25) is 5.02 Å². The number of methoxy groups -OCH3 is 2. The van der Waals surface area contributed by atoms with Crippen molar-refractivity contribution < 1.29 is 24.2 Å². The van der Waals surface area contributed by atoms with Crippen molar-refractivity contribution >= 4 is 35.2 Å². The van der Waals surface area contributed by atoms with Crippen molar-refractivity contribution in [2.24, 2.45) is 0 Å². The number of carbonyl (C=O) groups excluding carboxylic acids is 2. The number of hydrogen-bond acceptors (Lipinski definition) is 6. The highest BCUT2D eigenvalue weighted by atomic mass is 35.5. The summed E-state index contributed by atoms with van der Waals surface area (Å²) in [7, 11) is 3.00. The molecule has 2 heterocycles. The Balaban J connectivity index is 1.66. The molecule has 1 saturated heterocycles. The Kier molecular flexibility index (Phi) is 7.49. The maximum absolute atomic E-state index is 12.6. The van der Waals surface area contributed by atoms with Crippen LogP contribution in [-0.4, -0.2) is 60.2 Å². The predicted octanol–water partition coefficient (Wildman–Crippen LogP) is 3.00. The number of aliphatic hydroxyl groups is 1. The standard InChI is InChI=1S/C22H24ClN3O5/c1-30-19-12-14(11-17(23)21(19)31-2)3-4-20(28)25-15-5-8-24-18(13-15)22(29)26-9-6-16(27)7-10-26/h3-5,8,11-13,16,27H,6-7,9-10H2,1-2H3,(H,24,25,28). The molecule has 1 aliphatic heterocycles. The van der Waals surface area contributed by atoms with Gasteiger partial charge in [0, 0.05) is 31.0 Å². The van der Waals surface area contributed by atoms with Gasteiger partial charge >= 0.3 is 0 Å². The number of pyridine rings is 1. The first-order chi connectivity index (χ1) is 14.9. The smallest absolute Gasteiger partial charge is 0.272 e. The van der Waals surface area contributed by atoms with E-state index in [0.29, 0.717) is 53.7 Å². The Bertz CT molecular complexity index is 987. The summed E-state index contributed by atoms with van der Waals surface area (Å²) in [5, 5.41) is 12.7. The topological polar surface area (TPSA) is 101 Å². The van der Waals surface area contributed by atoms with Gasteiger partial charge in [0.1, 0.15) is 5.69 Å². The minimum atomic E-state index is -0.378. The molecule has 0 saturated carbocycles. The average Bonchev–Trinajstić information content (AvgIpc) is 2.77. The number of aliphatic hydroxyl groups excluding tert-OH is 1. The van der Waals surface area contributed by atoms with Crippen molar-refractivity contribution in [2.75, 3.05) is 32.6 Å². The molecule has 31 heavy (non-hydrogen) atoms. The van der Waals surface area contributed by atoms with Crippen molar-refractivity contribution in [3.8, 4) is 11.5 Å². The van der Waals surface area contributed by atoms with Crippen LogP contribution >= 0.6 is 11.6 Å². The number of amides is 2. The van der Waals surface area contributed by atoms with Crippen LogP contribution in [0.25, 0.3) is 6.08 Å². The first-order valence-electron chi connectivity index (χ1n) is 9.75. The molecular weight excluding hydrogens is 422 g/mol. The predicted molar refractivity (Wildman–Crippen MR) is 118 cm³/mol. The Morgan fingerprint density at radius 1 is 1.23 bits per heavy atom. The molecule has 0 aliphatic carbocycles. The molecule has 0 radical (unpaired) electrons. The van der Waals surface area contributed by atoms with Crippen LogP contribution in [0, 0.1) is 0 Å². The highest BCUT2D eigenvalue weighted by molar-refractivity contribution is 6.32. The zero-order valence-electron chi connectivity index (χ0n) is 17.3. The third-order valence-corrected chi connectivity index (χ3v) is 5.16. The van der Waals surface area contributed by atoms with Crippen molar-refractivity contribution in [3.05, 3.63) is 52.8 Å². The van der Waals surface area contributed by atoms with Crippen molar-refractivity contribution in [1.82, 2.24) is 9.88 Å². The molecule has 0 bridgehead atoms. The fraction of sp³-hybridized carbons (Fsp3) is 0.318. The number of nitrogens with zero attached hydrogens (tertiary/aromatic N) is 2. The van der Waals surface area contributed by atoms with Crippen LogP contribution in [0.1, 0.15) is 28.9 Å². The molecule has 2 amide bonds. The monoisotopic (exact) mass is 445 g/mol. The van der Waals surface area contributed by atoms with Crippen LogP contribution in [-0.2, 0) is 4.79 Å². The third kappa shape index (κ3) is 5.74. The Hall–Kier alpha value is -3.10. The van der Waals surface area contributed by atoms with Gasteiger partial charge in [-0.05, 0) is 48.7 Å². The molecule has 1 aliphatic rings.